The molecular formula is C10H22N2O. The molecule has 3 nitrogen and oxygen atoms in total. The highest BCUT2D eigenvalue weighted by molar-refractivity contribution is 5.78. The quantitative estimate of drug-likeness (QED) is 0.673. The molecule has 1 N–H and O–H groups in total. The van der Waals surface area contributed by atoms with Gasteiger partial charge < -0.3 is 10.2 Å². The van der Waals surface area contributed by atoms with E-state index >= 15 is 0 Å². The van der Waals surface area contributed by atoms with Gasteiger partial charge in [0.25, 0.3) is 0 Å². The minimum Gasteiger partial charge on any atom is -0.343 e. The van der Waals surface area contributed by atoms with Gasteiger partial charge in [0, 0.05) is 25.6 Å². The molecule has 0 rings (SSSR count). The number of hydrogen-bond acceptors (Lipinski definition) is 2. The van der Waals surface area contributed by atoms with E-state index < -0.39 is 0 Å². The lowest BCUT2D eigenvalue weighted by Gasteiger charge is -2.22. The Kier molecular flexibility index (Phi) is 6.59. The Bertz CT molecular complexity index is 144. The number of rotatable bonds is 6. The van der Waals surface area contributed by atoms with E-state index in [0.717, 1.165) is 26.2 Å². The summed E-state index contributed by atoms with van der Waals surface area (Å²) in [5.74, 6) is 0.353. The zero-order valence-electron chi connectivity index (χ0n) is 9.26. The van der Waals surface area contributed by atoms with Gasteiger partial charge in [0.15, 0.2) is 0 Å². The summed E-state index contributed by atoms with van der Waals surface area (Å²) < 4.78 is 0. The molecular weight excluding hydrogens is 164 g/mol. The van der Waals surface area contributed by atoms with E-state index in [-0.39, 0.29) is 11.8 Å². The molecule has 0 aromatic carbocycles. The van der Waals surface area contributed by atoms with E-state index in [0.29, 0.717) is 0 Å². The summed E-state index contributed by atoms with van der Waals surface area (Å²) in [6, 6.07) is 0. The predicted molar refractivity (Wildman–Crippen MR) is 55.6 cm³/mol. The summed E-state index contributed by atoms with van der Waals surface area (Å²) in [6.07, 6.45) is 0. The van der Waals surface area contributed by atoms with Crippen LogP contribution in [0, 0.1) is 5.92 Å². The summed E-state index contributed by atoms with van der Waals surface area (Å²) in [4.78, 5) is 13.6. The SMILES string of the molecule is CCNCC(C)C(=O)N(CC)CC. The molecule has 0 saturated heterocycles. The van der Waals surface area contributed by atoms with Crippen molar-refractivity contribution in [3.8, 4) is 0 Å². The van der Waals surface area contributed by atoms with Crippen molar-refractivity contribution in [1.29, 1.82) is 0 Å². The summed E-state index contributed by atoms with van der Waals surface area (Å²) in [5.41, 5.74) is 0. The Morgan fingerprint density at radius 1 is 1.31 bits per heavy atom. The zero-order chi connectivity index (χ0) is 10.3. The summed E-state index contributed by atoms with van der Waals surface area (Å²) in [7, 11) is 0. The van der Waals surface area contributed by atoms with Crippen LogP contribution in [0.15, 0.2) is 0 Å². The molecule has 0 aliphatic heterocycles. The van der Waals surface area contributed by atoms with Gasteiger partial charge in [0.05, 0.1) is 0 Å². The molecule has 0 spiro atoms. The first-order chi connectivity index (χ1) is 6.17. The molecule has 0 bridgehead atoms. The monoisotopic (exact) mass is 186 g/mol. The van der Waals surface area contributed by atoms with Crippen molar-refractivity contribution >= 4 is 5.91 Å². The normalized spacial score (nSPS) is 12.6. The number of nitrogens with zero attached hydrogens (tertiary/aromatic N) is 1. The van der Waals surface area contributed by atoms with Gasteiger partial charge in [-0.1, -0.05) is 13.8 Å². The van der Waals surface area contributed by atoms with E-state index in [9.17, 15) is 4.79 Å². The van der Waals surface area contributed by atoms with Crippen LogP contribution >= 0.6 is 0 Å². The van der Waals surface area contributed by atoms with Crippen LogP contribution in [0.3, 0.4) is 0 Å². The molecule has 0 heterocycles. The van der Waals surface area contributed by atoms with Crippen LogP contribution in [0.25, 0.3) is 0 Å². The standard InChI is InChI=1S/C10H22N2O/c1-5-11-8-9(4)10(13)12(6-2)7-3/h9,11H,5-8H2,1-4H3. The van der Waals surface area contributed by atoms with Crippen LogP contribution in [0.5, 0.6) is 0 Å². The van der Waals surface area contributed by atoms with Crippen LogP contribution in [-0.4, -0.2) is 37.0 Å². The highest BCUT2D eigenvalue weighted by Crippen LogP contribution is 2.00. The molecule has 0 aliphatic carbocycles. The van der Waals surface area contributed by atoms with E-state index in [1.807, 2.05) is 25.7 Å². The molecule has 0 aromatic heterocycles. The smallest absolute Gasteiger partial charge is 0.226 e. The van der Waals surface area contributed by atoms with E-state index in [4.69, 9.17) is 0 Å². The van der Waals surface area contributed by atoms with Gasteiger partial charge in [0.1, 0.15) is 0 Å². The third-order valence-electron chi connectivity index (χ3n) is 2.20. The lowest BCUT2D eigenvalue weighted by molar-refractivity contribution is -0.134. The molecule has 78 valence electrons. The van der Waals surface area contributed by atoms with Gasteiger partial charge in [0.2, 0.25) is 5.91 Å². The number of amides is 1. The lowest BCUT2D eigenvalue weighted by atomic mass is 10.1. The van der Waals surface area contributed by atoms with Gasteiger partial charge in [-0.15, -0.1) is 0 Å². The molecule has 0 saturated carbocycles. The van der Waals surface area contributed by atoms with Crippen molar-refractivity contribution in [2.24, 2.45) is 5.92 Å². The molecule has 0 fully saturated rings. The Morgan fingerprint density at radius 2 is 1.85 bits per heavy atom. The van der Waals surface area contributed by atoms with E-state index in [2.05, 4.69) is 12.2 Å². The lowest BCUT2D eigenvalue weighted by Crippen LogP contribution is -2.38. The van der Waals surface area contributed by atoms with Gasteiger partial charge in [-0.05, 0) is 20.4 Å². The molecule has 1 unspecified atom stereocenters. The van der Waals surface area contributed by atoms with Gasteiger partial charge in [-0.25, -0.2) is 0 Å². The zero-order valence-corrected chi connectivity index (χ0v) is 9.26. The van der Waals surface area contributed by atoms with Crippen LogP contribution < -0.4 is 5.32 Å². The summed E-state index contributed by atoms with van der Waals surface area (Å²) >= 11 is 0. The highest BCUT2D eigenvalue weighted by atomic mass is 16.2. The second-order valence-corrected chi connectivity index (χ2v) is 3.22. The molecule has 3 heteroatoms. The third kappa shape index (κ3) is 4.27. The molecule has 13 heavy (non-hydrogen) atoms. The van der Waals surface area contributed by atoms with Crippen molar-refractivity contribution in [2.45, 2.75) is 27.7 Å². The largest absolute Gasteiger partial charge is 0.343 e. The molecule has 1 atom stereocenters. The number of carbonyl (C=O) groups excluding carboxylic acids is 1. The van der Waals surface area contributed by atoms with Crippen LogP contribution in [0.1, 0.15) is 27.7 Å². The second kappa shape index (κ2) is 6.89. The third-order valence-corrected chi connectivity index (χ3v) is 2.20. The van der Waals surface area contributed by atoms with Crippen molar-refractivity contribution in [3.05, 3.63) is 0 Å². The van der Waals surface area contributed by atoms with Crippen LogP contribution in [0.4, 0.5) is 0 Å². The minimum atomic E-state index is 0.0971. The fourth-order valence-electron chi connectivity index (χ4n) is 1.30. The van der Waals surface area contributed by atoms with Gasteiger partial charge >= 0.3 is 0 Å². The maximum atomic E-state index is 11.7. The van der Waals surface area contributed by atoms with Crippen molar-refractivity contribution in [1.82, 2.24) is 10.2 Å². The summed E-state index contributed by atoms with van der Waals surface area (Å²) in [5, 5.41) is 3.18. The fraction of sp³-hybridized carbons (Fsp3) is 0.900. The fourth-order valence-corrected chi connectivity index (χ4v) is 1.30. The molecule has 0 radical (unpaired) electrons. The Morgan fingerprint density at radius 3 is 2.23 bits per heavy atom. The first-order valence-electron chi connectivity index (χ1n) is 5.16. The predicted octanol–water partition coefficient (Wildman–Crippen LogP) is 1.10. The maximum Gasteiger partial charge on any atom is 0.226 e. The Hall–Kier alpha value is -0.570. The number of nitrogens with one attached hydrogen (secondary N) is 1. The Balaban J connectivity index is 3.92. The molecule has 0 aliphatic rings. The topological polar surface area (TPSA) is 32.3 Å². The summed E-state index contributed by atoms with van der Waals surface area (Å²) in [6.45, 7) is 11.4. The highest BCUT2D eigenvalue weighted by Gasteiger charge is 2.16. The minimum absolute atomic E-state index is 0.0971. The van der Waals surface area contributed by atoms with Crippen molar-refractivity contribution < 1.29 is 4.79 Å². The second-order valence-electron chi connectivity index (χ2n) is 3.22. The van der Waals surface area contributed by atoms with Crippen LogP contribution in [-0.2, 0) is 4.79 Å². The molecule has 0 aromatic rings. The van der Waals surface area contributed by atoms with Crippen LogP contribution in [0.2, 0.25) is 0 Å². The number of hydrogen-bond donors (Lipinski definition) is 1. The first-order valence-corrected chi connectivity index (χ1v) is 5.16. The van der Waals surface area contributed by atoms with E-state index in [1.54, 1.807) is 0 Å². The maximum absolute atomic E-state index is 11.7. The Labute approximate surface area is 81.5 Å². The van der Waals surface area contributed by atoms with E-state index in [1.165, 1.54) is 0 Å². The van der Waals surface area contributed by atoms with Gasteiger partial charge in [-0.2, -0.15) is 0 Å². The van der Waals surface area contributed by atoms with Crippen molar-refractivity contribution in [2.75, 3.05) is 26.2 Å². The molecule has 1 amide bonds. The van der Waals surface area contributed by atoms with Crippen molar-refractivity contribution in [3.63, 3.8) is 0 Å². The first kappa shape index (κ1) is 12.4. The average Bonchev–Trinajstić information content (AvgIpc) is 2.15. The number of carbonyl (C=O) groups is 1. The van der Waals surface area contributed by atoms with Gasteiger partial charge in [-0.3, -0.25) is 4.79 Å². The average molecular weight is 186 g/mol.